The Kier molecular flexibility index (Phi) is 5.54. The molecule has 1 heterocycles. The van der Waals surface area contributed by atoms with Crippen LogP contribution in [0.3, 0.4) is 0 Å². The highest BCUT2D eigenvalue weighted by molar-refractivity contribution is 7.89. The van der Waals surface area contributed by atoms with Crippen molar-refractivity contribution in [2.45, 2.75) is 24.3 Å². The van der Waals surface area contributed by atoms with E-state index in [2.05, 4.69) is 6.07 Å². The van der Waals surface area contributed by atoms with Crippen molar-refractivity contribution < 1.29 is 17.9 Å². The number of methoxy groups -OCH3 is 2. The molecule has 0 N–H and O–H groups in total. The monoisotopic (exact) mass is 423 g/mol. The molecule has 0 bridgehead atoms. The Morgan fingerprint density at radius 1 is 0.900 bits per heavy atom. The molecular weight excluding hydrogens is 398 g/mol. The number of nitrogens with zero attached hydrogens (tertiary/aromatic N) is 1. The number of rotatable bonds is 5. The van der Waals surface area contributed by atoms with Crippen LogP contribution in [0.4, 0.5) is 0 Å². The normalized spacial score (nSPS) is 16.7. The zero-order valence-corrected chi connectivity index (χ0v) is 18.1. The molecule has 4 rings (SSSR count). The van der Waals surface area contributed by atoms with E-state index in [0.717, 1.165) is 22.3 Å². The quantitative estimate of drug-likeness (QED) is 0.612. The van der Waals surface area contributed by atoms with Crippen molar-refractivity contribution in [3.05, 3.63) is 89.0 Å². The highest BCUT2D eigenvalue weighted by Gasteiger charge is 2.37. The number of sulfonamides is 1. The Balaban J connectivity index is 1.87. The molecule has 0 aliphatic carbocycles. The van der Waals surface area contributed by atoms with E-state index < -0.39 is 16.1 Å². The van der Waals surface area contributed by atoms with Gasteiger partial charge in [-0.05, 0) is 54.3 Å². The fourth-order valence-electron chi connectivity index (χ4n) is 4.02. The molecule has 0 spiro atoms. The molecule has 5 nitrogen and oxygen atoms in total. The number of hydrogen-bond acceptors (Lipinski definition) is 4. The average Bonchev–Trinajstić information content (AvgIpc) is 2.78. The van der Waals surface area contributed by atoms with Gasteiger partial charge in [-0.1, -0.05) is 48.0 Å². The zero-order valence-electron chi connectivity index (χ0n) is 17.3. The summed E-state index contributed by atoms with van der Waals surface area (Å²) in [6.45, 7) is 2.35. The number of ether oxygens (including phenoxy) is 2. The zero-order chi connectivity index (χ0) is 21.3. The van der Waals surface area contributed by atoms with Crippen molar-refractivity contribution in [3.8, 4) is 11.5 Å². The second-order valence-corrected chi connectivity index (χ2v) is 9.29. The Morgan fingerprint density at radius 2 is 1.60 bits per heavy atom. The Labute approximate surface area is 177 Å². The molecule has 0 saturated heterocycles. The van der Waals surface area contributed by atoms with Gasteiger partial charge in [0.15, 0.2) is 11.5 Å². The minimum Gasteiger partial charge on any atom is -0.493 e. The predicted molar refractivity (Wildman–Crippen MR) is 117 cm³/mol. The molecule has 1 aliphatic rings. The van der Waals surface area contributed by atoms with Crippen LogP contribution in [-0.2, 0) is 16.4 Å². The van der Waals surface area contributed by atoms with E-state index in [1.54, 1.807) is 30.7 Å². The minimum absolute atomic E-state index is 0.304. The van der Waals surface area contributed by atoms with E-state index in [4.69, 9.17) is 9.47 Å². The van der Waals surface area contributed by atoms with Crippen LogP contribution in [0.1, 0.15) is 28.3 Å². The molecule has 1 aliphatic heterocycles. The predicted octanol–water partition coefficient (Wildman–Crippen LogP) is 4.35. The second kappa shape index (κ2) is 8.13. The molecule has 1 atom stereocenters. The summed E-state index contributed by atoms with van der Waals surface area (Å²) in [7, 11) is -0.527. The molecule has 3 aromatic rings. The third-order valence-electron chi connectivity index (χ3n) is 5.59. The van der Waals surface area contributed by atoms with E-state index in [0.29, 0.717) is 29.4 Å². The van der Waals surface area contributed by atoms with E-state index in [1.165, 1.54) is 0 Å². The van der Waals surface area contributed by atoms with Crippen LogP contribution in [0.25, 0.3) is 0 Å². The molecule has 0 aromatic heterocycles. The van der Waals surface area contributed by atoms with Gasteiger partial charge in [-0.2, -0.15) is 4.31 Å². The van der Waals surface area contributed by atoms with Gasteiger partial charge in [0.1, 0.15) is 0 Å². The van der Waals surface area contributed by atoms with Gasteiger partial charge in [0.25, 0.3) is 0 Å². The second-order valence-electron chi connectivity index (χ2n) is 7.39. The van der Waals surface area contributed by atoms with Crippen molar-refractivity contribution in [3.63, 3.8) is 0 Å². The molecule has 0 amide bonds. The lowest BCUT2D eigenvalue weighted by molar-refractivity contribution is 0.337. The summed E-state index contributed by atoms with van der Waals surface area (Å²) in [6, 6.07) is 20.2. The van der Waals surface area contributed by atoms with Gasteiger partial charge in [0, 0.05) is 6.54 Å². The van der Waals surface area contributed by atoms with E-state index in [-0.39, 0.29) is 0 Å². The van der Waals surface area contributed by atoms with Gasteiger partial charge >= 0.3 is 0 Å². The van der Waals surface area contributed by atoms with Crippen LogP contribution in [0.15, 0.2) is 71.6 Å². The lowest BCUT2D eigenvalue weighted by Crippen LogP contribution is -2.40. The number of benzene rings is 3. The smallest absolute Gasteiger partial charge is 0.243 e. The highest BCUT2D eigenvalue weighted by atomic mass is 32.2. The highest BCUT2D eigenvalue weighted by Crippen LogP contribution is 2.41. The lowest BCUT2D eigenvalue weighted by atomic mass is 9.90. The summed E-state index contributed by atoms with van der Waals surface area (Å²) in [5.74, 6) is 1.18. The number of hydrogen-bond donors (Lipinski definition) is 0. The maximum atomic E-state index is 13.6. The summed E-state index contributed by atoms with van der Waals surface area (Å²) < 4.78 is 39.7. The first-order valence-corrected chi connectivity index (χ1v) is 11.3. The molecule has 3 aromatic carbocycles. The van der Waals surface area contributed by atoms with Crippen LogP contribution in [0.5, 0.6) is 11.5 Å². The number of fused-ring (bicyclic) bond motifs is 1. The first-order valence-electron chi connectivity index (χ1n) is 9.84. The summed E-state index contributed by atoms with van der Waals surface area (Å²) >= 11 is 0. The van der Waals surface area contributed by atoms with E-state index >= 15 is 0 Å². The van der Waals surface area contributed by atoms with Gasteiger partial charge in [-0.25, -0.2) is 8.42 Å². The molecular formula is C24H25NO4S. The molecule has 0 saturated carbocycles. The van der Waals surface area contributed by atoms with Gasteiger partial charge < -0.3 is 9.47 Å². The minimum atomic E-state index is -3.69. The summed E-state index contributed by atoms with van der Waals surface area (Å²) in [5, 5.41) is 0. The first-order chi connectivity index (χ1) is 14.5. The van der Waals surface area contributed by atoms with Gasteiger partial charge in [-0.15, -0.1) is 0 Å². The molecule has 0 fully saturated rings. The van der Waals surface area contributed by atoms with Crippen LogP contribution in [-0.4, -0.2) is 33.5 Å². The fraction of sp³-hybridized carbons (Fsp3) is 0.250. The van der Waals surface area contributed by atoms with Crippen LogP contribution in [0, 0.1) is 6.92 Å². The standard InChI is InChI=1S/C24H25NO4S/c1-17-8-11-20(12-9-17)30(26,27)25-15-14-18-6-4-5-7-21(18)24(25)19-10-13-22(28-2)23(16-19)29-3/h4-13,16,24H,14-15H2,1-3H3. The summed E-state index contributed by atoms with van der Waals surface area (Å²) in [5.41, 5.74) is 4.02. The van der Waals surface area contributed by atoms with Crippen LogP contribution >= 0.6 is 0 Å². The molecule has 30 heavy (non-hydrogen) atoms. The molecule has 6 heteroatoms. The molecule has 0 radical (unpaired) electrons. The Morgan fingerprint density at radius 3 is 2.30 bits per heavy atom. The average molecular weight is 424 g/mol. The third-order valence-corrected chi connectivity index (χ3v) is 7.47. The SMILES string of the molecule is COc1ccc(C2c3ccccc3CCN2S(=O)(=O)c2ccc(C)cc2)cc1OC. The van der Waals surface area contributed by atoms with Gasteiger partial charge in [0.2, 0.25) is 10.0 Å². The van der Waals surface area contributed by atoms with Gasteiger partial charge in [-0.3, -0.25) is 0 Å². The fourth-order valence-corrected chi connectivity index (χ4v) is 5.61. The van der Waals surface area contributed by atoms with Crippen molar-refractivity contribution in [2.75, 3.05) is 20.8 Å². The van der Waals surface area contributed by atoms with Crippen LogP contribution < -0.4 is 9.47 Å². The maximum Gasteiger partial charge on any atom is 0.243 e. The largest absolute Gasteiger partial charge is 0.493 e. The van der Waals surface area contributed by atoms with E-state index in [9.17, 15) is 8.42 Å². The number of aryl methyl sites for hydroxylation is 1. The molecule has 156 valence electrons. The van der Waals surface area contributed by atoms with Gasteiger partial charge in [0.05, 0.1) is 25.2 Å². The molecule has 1 unspecified atom stereocenters. The summed E-state index contributed by atoms with van der Waals surface area (Å²) in [4.78, 5) is 0.304. The Bertz CT molecular complexity index is 1160. The van der Waals surface area contributed by atoms with E-state index in [1.807, 2.05) is 55.5 Å². The Hall–Kier alpha value is -2.83. The lowest BCUT2D eigenvalue weighted by Gasteiger charge is -2.37. The van der Waals surface area contributed by atoms with Crippen molar-refractivity contribution in [1.82, 2.24) is 4.31 Å². The van der Waals surface area contributed by atoms with Crippen molar-refractivity contribution in [1.29, 1.82) is 0 Å². The first kappa shape index (κ1) is 20.4. The van der Waals surface area contributed by atoms with Crippen LogP contribution in [0.2, 0.25) is 0 Å². The summed E-state index contributed by atoms with van der Waals surface area (Å²) in [6.07, 6.45) is 0.672. The maximum absolute atomic E-state index is 13.6. The topological polar surface area (TPSA) is 55.8 Å². The van der Waals surface area contributed by atoms with Crippen molar-refractivity contribution >= 4 is 10.0 Å². The van der Waals surface area contributed by atoms with Crippen molar-refractivity contribution in [2.24, 2.45) is 0 Å². The third kappa shape index (κ3) is 3.57.